The monoisotopic (exact) mass is 479 g/mol. The van der Waals surface area contributed by atoms with E-state index in [0.717, 1.165) is 6.42 Å². The number of likely N-dealkylation sites (tertiary alicyclic amines) is 1. The maximum Gasteiger partial charge on any atom is 0.419 e. The minimum absolute atomic E-state index is 0.0199. The number of carbonyl (C=O) groups excluding carboxylic acids is 2. The SMILES string of the molecule is CCOC(=O)[C@H]1CCCN(C(=O)C2CCN(S(=O)(=O)c3ccc4c(c3)oc(=O)n4C)CC2)C1. The van der Waals surface area contributed by atoms with Crippen LogP contribution in [-0.2, 0) is 31.4 Å². The number of aryl methyl sites for hydroxylation is 1. The summed E-state index contributed by atoms with van der Waals surface area (Å²) >= 11 is 0. The van der Waals surface area contributed by atoms with Gasteiger partial charge in [-0.05, 0) is 44.7 Å². The molecule has 10 nitrogen and oxygen atoms in total. The highest BCUT2D eigenvalue weighted by molar-refractivity contribution is 7.89. The van der Waals surface area contributed by atoms with Crippen molar-refractivity contribution in [1.82, 2.24) is 13.8 Å². The molecule has 0 saturated carbocycles. The highest BCUT2D eigenvalue weighted by atomic mass is 32.2. The molecule has 2 fully saturated rings. The lowest BCUT2D eigenvalue weighted by atomic mass is 9.93. The maximum absolute atomic E-state index is 13.1. The van der Waals surface area contributed by atoms with Crippen LogP contribution in [0.1, 0.15) is 32.6 Å². The van der Waals surface area contributed by atoms with Crippen molar-refractivity contribution in [3.63, 3.8) is 0 Å². The molecule has 2 saturated heterocycles. The number of aromatic nitrogens is 1. The normalized spacial score (nSPS) is 20.8. The third-order valence-corrected chi connectivity index (χ3v) is 8.45. The van der Waals surface area contributed by atoms with Gasteiger partial charge in [-0.15, -0.1) is 0 Å². The van der Waals surface area contributed by atoms with Gasteiger partial charge in [0.2, 0.25) is 15.9 Å². The van der Waals surface area contributed by atoms with Crippen LogP contribution < -0.4 is 5.76 Å². The Balaban J connectivity index is 1.40. The maximum atomic E-state index is 13.1. The zero-order chi connectivity index (χ0) is 23.8. The largest absolute Gasteiger partial charge is 0.466 e. The van der Waals surface area contributed by atoms with Gasteiger partial charge in [0.15, 0.2) is 5.58 Å². The van der Waals surface area contributed by atoms with Gasteiger partial charge in [-0.2, -0.15) is 4.31 Å². The number of carbonyl (C=O) groups is 2. The molecule has 180 valence electrons. The van der Waals surface area contributed by atoms with E-state index in [-0.39, 0.29) is 47.3 Å². The Labute approximate surface area is 192 Å². The number of ether oxygens (including phenoxy) is 1. The molecule has 4 rings (SSSR count). The number of sulfonamides is 1. The molecule has 33 heavy (non-hydrogen) atoms. The van der Waals surface area contributed by atoms with Crippen molar-refractivity contribution in [1.29, 1.82) is 0 Å². The molecular weight excluding hydrogens is 450 g/mol. The summed E-state index contributed by atoms with van der Waals surface area (Å²) in [6.45, 7) is 3.50. The number of fused-ring (bicyclic) bond motifs is 1. The lowest BCUT2D eigenvalue weighted by Gasteiger charge is -2.36. The Bertz CT molecular complexity index is 1210. The van der Waals surface area contributed by atoms with Gasteiger partial charge in [0, 0.05) is 45.2 Å². The number of amides is 1. The van der Waals surface area contributed by atoms with Crippen molar-refractivity contribution in [3.05, 3.63) is 28.7 Å². The number of esters is 1. The fourth-order valence-corrected chi connectivity index (χ4v) is 6.14. The predicted molar refractivity (Wildman–Crippen MR) is 119 cm³/mol. The molecular formula is C22H29N3O7S. The molecule has 0 radical (unpaired) electrons. The number of benzene rings is 1. The van der Waals surface area contributed by atoms with Crippen LogP contribution in [0.4, 0.5) is 0 Å². The Hall–Kier alpha value is -2.66. The van der Waals surface area contributed by atoms with E-state index < -0.39 is 15.8 Å². The molecule has 0 spiro atoms. The van der Waals surface area contributed by atoms with Crippen LogP contribution >= 0.6 is 0 Å². The van der Waals surface area contributed by atoms with Crippen LogP contribution in [0.25, 0.3) is 11.1 Å². The van der Waals surface area contributed by atoms with E-state index in [2.05, 4.69) is 0 Å². The average Bonchev–Trinajstić information content (AvgIpc) is 3.11. The molecule has 0 aliphatic carbocycles. The summed E-state index contributed by atoms with van der Waals surface area (Å²) in [5, 5.41) is 0. The van der Waals surface area contributed by atoms with E-state index in [0.29, 0.717) is 44.5 Å². The first-order valence-corrected chi connectivity index (χ1v) is 12.7. The van der Waals surface area contributed by atoms with Crippen LogP contribution in [0.2, 0.25) is 0 Å². The highest BCUT2D eigenvalue weighted by Gasteiger charge is 2.36. The van der Waals surface area contributed by atoms with Crippen LogP contribution in [0, 0.1) is 11.8 Å². The zero-order valence-electron chi connectivity index (χ0n) is 18.9. The smallest absolute Gasteiger partial charge is 0.419 e. The van der Waals surface area contributed by atoms with E-state index in [1.165, 1.54) is 21.0 Å². The summed E-state index contributed by atoms with van der Waals surface area (Å²) in [4.78, 5) is 38.6. The van der Waals surface area contributed by atoms with E-state index in [4.69, 9.17) is 9.15 Å². The van der Waals surface area contributed by atoms with E-state index in [1.54, 1.807) is 24.9 Å². The molecule has 1 atom stereocenters. The Morgan fingerprint density at radius 1 is 1.12 bits per heavy atom. The van der Waals surface area contributed by atoms with Gasteiger partial charge in [-0.3, -0.25) is 14.2 Å². The van der Waals surface area contributed by atoms with Crippen molar-refractivity contribution in [2.75, 3.05) is 32.8 Å². The molecule has 2 aromatic rings. The molecule has 1 aromatic carbocycles. The summed E-state index contributed by atoms with van der Waals surface area (Å²) in [6.07, 6.45) is 2.30. The second-order valence-electron chi connectivity index (χ2n) is 8.61. The quantitative estimate of drug-likeness (QED) is 0.594. The summed E-state index contributed by atoms with van der Waals surface area (Å²) in [6, 6.07) is 4.39. The Kier molecular flexibility index (Phi) is 6.62. The molecule has 11 heteroatoms. The minimum Gasteiger partial charge on any atom is -0.466 e. The zero-order valence-corrected chi connectivity index (χ0v) is 19.7. The van der Waals surface area contributed by atoms with Crippen LogP contribution in [0.5, 0.6) is 0 Å². The van der Waals surface area contributed by atoms with Crippen molar-refractivity contribution in [2.45, 2.75) is 37.5 Å². The van der Waals surface area contributed by atoms with Gasteiger partial charge >= 0.3 is 11.7 Å². The summed E-state index contributed by atoms with van der Waals surface area (Å²) in [5.74, 6) is -1.40. The number of oxazole rings is 1. The van der Waals surface area contributed by atoms with Crippen LogP contribution in [0.3, 0.4) is 0 Å². The standard InChI is InChI=1S/C22H29N3O7S/c1-3-31-21(27)16-5-4-10-24(14-16)20(26)15-8-11-25(12-9-15)33(29,30)17-6-7-18-19(13-17)32-22(28)23(18)2/h6-7,13,15-16H,3-5,8-12,14H2,1-2H3/t16-/m0/s1. The van der Waals surface area contributed by atoms with E-state index >= 15 is 0 Å². The molecule has 2 aliphatic rings. The van der Waals surface area contributed by atoms with Crippen LogP contribution in [-0.4, -0.2) is 66.9 Å². The summed E-state index contributed by atoms with van der Waals surface area (Å²) < 4.78 is 39.2. The summed E-state index contributed by atoms with van der Waals surface area (Å²) in [5.41, 5.74) is 0.737. The number of hydrogen-bond acceptors (Lipinski definition) is 7. The Morgan fingerprint density at radius 3 is 2.55 bits per heavy atom. The van der Waals surface area contributed by atoms with Gasteiger partial charge in [-0.1, -0.05) is 0 Å². The molecule has 3 heterocycles. The molecule has 1 amide bonds. The molecule has 2 aliphatic heterocycles. The second-order valence-corrected chi connectivity index (χ2v) is 10.5. The van der Waals surface area contributed by atoms with Crippen molar-refractivity contribution < 1.29 is 27.2 Å². The van der Waals surface area contributed by atoms with Gasteiger partial charge in [0.25, 0.3) is 0 Å². The number of rotatable bonds is 5. The van der Waals surface area contributed by atoms with E-state index in [9.17, 15) is 22.8 Å². The van der Waals surface area contributed by atoms with E-state index in [1.807, 2.05) is 0 Å². The third-order valence-electron chi connectivity index (χ3n) is 6.56. The second kappa shape index (κ2) is 9.30. The van der Waals surface area contributed by atoms with Gasteiger partial charge in [0.1, 0.15) is 0 Å². The highest BCUT2D eigenvalue weighted by Crippen LogP contribution is 2.28. The third kappa shape index (κ3) is 4.56. The van der Waals surface area contributed by atoms with Gasteiger partial charge in [0.05, 0.1) is 22.9 Å². The fraction of sp³-hybridized carbons (Fsp3) is 0.591. The Morgan fingerprint density at radius 2 is 1.85 bits per heavy atom. The topological polar surface area (TPSA) is 119 Å². The lowest BCUT2D eigenvalue weighted by Crippen LogP contribution is -2.48. The number of hydrogen-bond donors (Lipinski definition) is 0. The predicted octanol–water partition coefficient (Wildman–Crippen LogP) is 1.33. The molecule has 1 aromatic heterocycles. The number of piperidine rings is 2. The summed E-state index contributed by atoms with van der Waals surface area (Å²) in [7, 11) is -2.22. The first-order chi connectivity index (χ1) is 15.7. The van der Waals surface area contributed by atoms with Crippen molar-refractivity contribution in [3.8, 4) is 0 Å². The van der Waals surface area contributed by atoms with Crippen LogP contribution in [0.15, 0.2) is 32.3 Å². The lowest BCUT2D eigenvalue weighted by molar-refractivity contribution is -0.152. The minimum atomic E-state index is -3.78. The first-order valence-electron chi connectivity index (χ1n) is 11.3. The fourth-order valence-electron chi connectivity index (χ4n) is 4.65. The first kappa shape index (κ1) is 23.5. The van der Waals surface area contributed by atoms with Crippen molar-refractivity contribution >= 4 is 33.0 Å². The van der Waals surface area contributed by atoms with Gasteiger partial charge in [-0.25, -0.2) is 13.2 Å². The van der Waals surface area contributed by atoms with Crippen molar-refractivity contribution in [2.24, 2.45) is 18.9 Å². The van der Waals surface area contributed by atoms with Gasteiger partial charge < -0.3 is 14.1 Å². The molecule has 0 bridgehead atoms. The molecule has 0 N–H and O–H groups in total. The average molecular weight is 480 g/mol. The number of nitrogens with zero attached hydrogens (tertiary/aromatic N) is 3. The molecule has 0 unspecified atom stereocenters.